The Hall–Kier alpha value is -2.19. The number of amides is 1. The summed E-state index contributed by atoms with van der Waals surface area (Å²) in [6.07, 6.45) is 1.19. The molecule has 0 aliphatic rings. The van der Waals surface area contributed by atoms with Crippen molar-refractivity contribution in [2.75, 3.05) is 11.9 Å². The minimum atomic E-state index is -3.83. The number of halogens is 1. The second-order valence-electron chi connectivity index (χ2n) is 6.70. The first-order valence-electron chi connectivity index (χ1n) is 8.51. The van der Waals surface area contributed by atoms with E-state index in [9.17, 15) is 17.6 Å². The van der Waals surface area contributed by atoms with E-state index in [0.29, 0.717) is 0 Å². The number of hydrogen-bond acceptors (Lipinski definition) is 3. The highest BCUT2D eigenvalue weighted by molar-refractivity contribution is 7.89. The molecule has 2 N–H and O–H groups in total. The average Bonchev–Trinajstić information content (AvgIpc) is 3.00. The molecule has 0 saturated heterocycles. The van der Waals surface area contributed by atoms with E-state index in [1.54, 1.807) is 20.8 Å². The first-order valence-corrected chi connectivity index (χ1v) is 8.99. The normalized spacial score (nSPS) is 13.4. The number of aromatic amines is 1. The fraction of sp³-hybridized carbons (Fsp3) is 0.353. The fourth-order valence-corrected chi connectivity index (χ4v) is 3.50. The molecule has 1 aromatic heterocycles. The molecule has 25 heavy (non-hydrogen) atoms. The van der Waals surface area contributed by atoms with E-state index in [1.165, 1.54) is 26.2 Å². The maximum atomic E-state index is 13.7. The van der Waals surface area contributed by atoms with E-state index in [-0.39, 0.29) is 33.9 Å². The Morgan fingerprint density at radius 3 is 2.64 bits per heavy atom. The number of rotatable bonds is 4. The van der Waals surface area contributed by atoms with E-state index >= 15 is 0 Å². The molecule has 0 radical (unpaired) electrons. The Labute approximate surface area is 149 Å². The number of sulfonamides is 1. The van der Waals surface area contributed by atoms with Crippen molar-refractivity contribution in [2.24, 2.45) is 0 Å². The molecule has 0 aliphatic heterocycles. The quantitative estimate of drug-likeness (QED) is 0.869. The highest BCUT2D eigenvalue weighted by Crippen LogP contribution is 2.20. The molecule has 2 rings (SSSR count). The van der Waals surface area contributed by atoms with Crippen molar-refractivity contribution in [1.82, 2.24) is 9.71 Å². The number of nitrogens with zero attached hydrogens (tertiary/aromatic N) is 1. The van der Waals surface area contributed by atoms with Crippen LogP contribution in [-0.4, -0.2) is 31.9 Å². The molecule has 8 heteroatoms. The van der Waals surface area contributed by atoms with Crippen molar-refractivity contribution in [1.29, 1.82) is 0 Å². The smallest absolute Gasteiger partial charge is 0.274 e. The lowest BCUT2D eigenvalue weighted by atomic mass is 10.1. The average molecular weight is 369 g/mol. The number of aromatic nitrogens is 1. The van der Waals surface area contributed by atoms with Gasteiger partial charge in [-0.3, -0.25) is 4.79 Å². The van der Waals surface area contributed by atoms with Crippen molar-refractivity contribution < 1.29 is 20.3 Å². The molecule has 1 aromatic carbocycles. The van der Waals surface area contributed by atoms with Crippen LogP contribution >= 0.6 is 0 Å². The molecule has 1 heterocycles. The largest absolute Gasteiger partial charge is 0.356 e. The summed E-state index contributed by atoms with van der Waals surface area (Å²) < 4.78 is 56.7. The zero-order chi connectivity index (χ0) is 20.7. The third-order valence-corrected chi connectivity index (χ3v) is 5.01. The molecular weight excluding hydrogens is 345 g/mol. The number of H-pyrrole nitrogens is 1. The van der Waals surface area contributed by atoms with Crippen molar-refractivity contribution in [3.05, 3.63) is 47.5 Å². The summed E-state index contributed by atoms with van der Waals surface area (Å²) >= 11 is 0. The number of benzene rings is 1. The lowest BCUT2D eigenvalue weighted by molar-refractivity contribution is 0.0989. The summed E-state index contributed by atoms with van der Waals surface area (Å²) in [4.78, 5) is 16.2. The molecule has 0 saturated carbocycles. The van der Waals surface area contributed by atoms with Crippen LogP contribution in [0.25, 0.3) is 0 Å². The molecule has 2 aromatic rings. The van der Waals surface area contributed by atoms with Crippen LogP contribution in [0.5, 0.6) is 0 Å². The molecular formula is C17H22FN3O3S. The molecule has 0 spiro atoms. The van der Waals surface area contributed by atoms with Crippen LogP contribution in [0.1, 0.15) is 39.6 Å². The first kappa shape index (κ1) is 16.3. The summed E-state index contributed by atoms with van der Waals surface area (Å²) in [7, 11) is -2.48. The van der Waals surface area contributed by atoms with Crippen LogP contribution in [0.2, 0.25) is 0 Å². The third-order valence-electron chi connectivity index (χ3n) is 3.28. The van der Waals surface area contributed by atoms with Gasteiger partial charge in [0.15, 0.2) is 0 Å². The van der Waals surface area contributed by atoms with Gasteiger partial charge >= 0.3 is 0 Å². The van der Waals surface area contributed by atoms with Crippen molar-refractivity contribution >= 4 is 21.6 Å². The van der Waals surface area contributed by atoms with Crippen LogP contribution in [0, 0.1) is 12.7 Å². The standard InChI is InChI=1S/C17H22FN3O3S/c1-11-8-12(6-7-14(11)18)21(5)16(22)15-9-13(10-19-15)25(23,24)20-17(2,3)4/h6-10,19-20H,1-5H3/i6D,8D. The Kier molecular flexibility index (Phi) is 4.30. The number of carbonyl (C=O) groups is 1. The van der Waals surface area contributed by atoms with Gasteiger partial charge in [-0.05, 0) is 57.5 Å². The molecule has 0 unspecified atom stereocenters. The second-order valence-corrected chi connectivity index (χ2v) is 8.39. The summed E-state index contributed by atoms with van der Waals surface area (Å²) in [6, 6.07) is 1.53. The third kappa shape index (κ3) is 4.46. The fourth-order valence-electron chi connectivity index (χ4n) is 2.09. The number of anilines is 1. The predicted molar refractivity (Wildman–Crippen MR) is 94.7 cm³/mol. The van der Waals surface area contributed by atoms with Crippen LogP contribution < -0.4 is 9.62 Å². The minimum absolute atomic E-state index is 0.0183. The van der Waals surface area contributed by atoms with Crippen LogP contribution in [-0.2, 0) is 10.0 Å². The van der Waals surface area contributed by atoms with Gasteiger partial charge in [0.05, 0.1) is 2.74 Å². The van der Waals surface area contributed by atoms with Crippen LogP contribution in [0.4, 0.5) is 10.1 Å². The molecule has 0 aliphatic carbocycles. The number of carbonyl (C=O) groups excluding carboxylic acids is 1. The lowest BCUT2D eigenvalue weighted by Gasteiger charge is -2.19. The van der Waals surface area contributed by atoms with Gasteiger partial charge in [-0.1, -0.05) is 0 Å². The number of hydrogen-bond donors (Lipinski definition) is 2. The van der Waals surface area contributed by atoms with Crippen molar-refractivity contribution in [2.45, 2.75) is 38.1 Å². The molecule has 136 valence electrons. The zero-order valence-electron chi connectivity index (χ0n) is 16.7. The minimum Gasteiger partial charge on any atom is -0.356 e. The van der Waals surface area contributed by atoms with Gasteiger partial charge in [-0.2, -0.15) is 0 Å². The van der Waals surface area contributed by atoms with Crippen molar-refractivity contribution in [3.8, 4) is 0 Å². The molecule has 0 fully saturated rings. The van der Waals surface area contributed by atoms with Gasteiger partial charge in [-0.15, -0.1) is 0 Å². The summed E-state index contributed by atoms with van der Waals surface area (Å²) in [5.74, 6) is -1.35. The van der Waals surface area contributed by atoms with Gasteiger partial charge in [-0.25, -0.2) is 17.5 Å². The number of nitrogens with one attached hydrogen (secondary N) is 2. The summed E-state index contributed by atoms with van der Waals surface area (Å²) in [6.45, 7) is 6.47. The molecule has 0 bridgehead atoms. The van der Waals surface area contributed by atoms with Gasteiger partial charge in [0.25, 0.3) is 5.91 Å². The molecule has 6 nitrogen and oxygen atoms in total. The van der Waals surface area contributed by atoms with Gasteiger partial charge in [0.2, 0.25) is 10.0 Å². The predicted octanol–water partition coefficient (Wildman–Crippen LogP) is 2.82. The Morgan fingerprint density at radius 2 is 2.04 bits per heavy atom. The highest BCUT2D eigenvalue weighted by Gasteiger charge is 2.25. The van der Waals surface area contributed by atoms with E-state index in [4.69, 9.17) is 2.74 Å². The Bertz CT molecular complexity index is 998. The van der Waals surface area contributed by atoms with E-state index in [2.05, 4.69) is 9.71 Å². The van der Waals surface area contributed by atoms with Crippen molar-refractivity contribution in [3.63, 3.8) is 0 Å². The topological polar surface area (TPSA) is 82.3 Å². The Morgan fingerprint density at radius 1 is 1.40 bits per heavy atom. The Balaban J connectivity index is 2.38. The highest BCUT2D eigenvalue weighted by atomic mass is 32.2. The van der Waals surface area contributed by atoms with Gasteiger partial charge in [0.1, 0.15) is 16.4 Å². The molecule has 1 amide bonds. The van der Waals surface area contributed by atoms with E-state index in [0.717, 1.165) is 11.0 Å². The van der Waals surface area contributed by atoms with Gasteiger partial charge < -0.3 is 9.88 Å². The van der Waals surface area contributed by atoms with E-state index in [1.807, 2.05) is 0 Å². The first-order chi connectivity index (χ1) is 12.2. The monoisotopic (exact) mass is 369 g/mol. The second kappa shape index (κ2) is 6.61. The SMILES string of the molecule is [2H]c1cc(F)c(C)c([2H])c1N(C)C(=O)c1cc(S(=O)(=O)NC(C)(C)C)c[nH]1. The maximum Gasteiger partial charge on any atom is 0.274 e. The van der Waals surface area contributed by atoms with Crippen LogP contribution in [0.3, 0.4) is 0 Å². The van der Waals surface area contributed by atoms with E-state index < -0.39 is 27.3 Å². The zero-order valence-corrected chi connectivity index (χ0v) is 15.5. The summed E-state index contributed by atoms with van der Waals surface area (Å²) in [5, 5.41) is 0. The van der Waals surface area contributed by atoms with Crippen LogP contribution in [0.15, 0.2) is 35.3 Å². The maximum absolute atomic E-state index is 13.7. The lowest BCUT2D eigenvalue weighted by Crippen LogP contribution is -2.40. The molecule has 0 atom stereocenters. The summed E-state index contributed by atoms with van der Waals surface area (Å²) in [5.41, 5.74) is -0.772. The van der Waals surface area contributed by atoms with Gasteiger partial charge in [0, 0.05) is 24.5 Å².